The smallest absolute Gasteiger partial charge is 0.307 e. The first-order valence-corrected chi connectivity index (χ1v) is 6.01. The first-order valence-electron chi connectivity index (χ1n) is 6.01. The Hall–Kier alpha value is -2.10. The number of para-hydroxylation sites is 1. The summed E-state index contributed by atoms with van der Waals surface area (Å²) in [6.45, 7) is 4.11. The van der Waals surface area contributed by atoms with Crippen LogP contribution in [0.15, 0.2) is 45.8 Å². The maximum absolute atomic E-state index is 11.8. The fourth-order valence-corrected chi connectivity index (χ4v) is 1.68. The summed E-state index contributed by atoms with van der Waals surface area (Å²) in [4.78, 5) is 19.1. The van der Waals surface area contributed by atoms with Crippen LogP contribution < -0.4 is 11.2 Å². The van der Waals surface area contributed by atoms with E-state index in [0.717, 1.165) is 17.3 Å². The van der Waals surface area contributed by atoms with Crippen LogP contribution in [0.5, 0.6) is 0 Å². The molecule has 0 saturated heterocycles. The molecule has 18 heavy (non-hydrogen) atoms. The highest BCUT2D eigenvalue weighted by atomic mass is 16.1. The lowest BCUT2D eigenvalue weighted by Crippen LogP contribution is -2.33. The Kier molecular flexibility index (Phi) is 3.46. The van der Waals surface area contributed by atoms with Crippen molar-refractivity contribution in [1.82, 2.24) is 9.55 Å². The number of aromatic amines is 1. The third-order valence-electron chi connectivity index (χ3n) is 3.00. The lowest BCUT2D eigenvalue weighted by molar-refractivity contribution is 0.774. The number of benzene rings is 1. The molecule has 2 aromatic rings. The molecule has 0 aliphatic rings. The molecule has 0 atom stereocenters. The predicted octanol–water partition coefficient (Wildman–Crippen LogP) is 2.08. The molecule has 4 nitrogen and oxygen atoms in total. The highest BCUT2D eigenvalue weighted by Crippen LogP contribution is 2.03. The molecule has 0 spiro atoms. The second-order valence-corrected chi connectivity index (χ2v) is 4.32. The molecule has 0 fully saturated rings. The van der Waals surface area contributed by atoms with Gasteiger partial charge in [-0.15, -0.1) is 0 Å². The van der Waals surface area contributed by atoms with Crippen molar-refractivity contribution in [3.8, 4) is 0 Å². The number of nitrogens with one attached hydrogen (secondary N) is 1. The van der Waals surface area contributed by atoms with E-state index in [0.29, 0.717) is 5.49 Å². The molecule has 4 heteroatoms. The minimum Gasteiger partial charge on any atom is -0.307 e. The van der Waals surface area contributed by atoms with Crippen molar-refractivity contribution in [1.29, 1.82) is 0 Å². The van der Waals surface area contributed by atoms with Crippen LogP contribution in [0, 0.1) is 0 Å². The average Bonchev–Trinajstić information content (AvgIpc) is 2.39. The van der Waals surface area contributed by atoms with Gasteiger partial charge in [-0.1, -0.05) is 24.6 Å². The average molecular weight is 243 g/mol. The Labute approximate surface area is 105 Å². The fraction of sp³-hybridized carbons (Fsp3) is 0.286. The Morgan fingerprint density at radius 3 is 2.89 bits per heavy atom. The largest absolute Gasteiger partial charge is 0.327 e. The van der Waals surface area contributed by atoms with Crippen molar-refractivity contribution in [2.75, 3.05) is 0 Å². The van der Waals surface area contributed by atoms with Gasteiger partial charge >= 0.3 is 5.69 Å². The summed E-state index contributed by atoms with van der Waals surface area (Å²) in [6, 6.07) is 7.68. The minimum absolute atomic E-state index is 0.157. The van der Waals surface area contributed by atoms with Crippen LogP contribution in [0.3, 0.4) is 0 Å². The second kappa shape index (κ2) is 5.04. The molecule has 0 radical (unpaired) electrons. The Morgan fingerprint density at radius 1 is 1.44 bits per heavy atom. The molecular weight excluding hydrogens is 226 g/mol. The van der Waals surface area contributed by atoms with E-state index in [1.165, 1.54) is 10.1 Å². The third kappa shape index (κ3) is 2.27. The van der Waals surface area contributed by atoms with Crippen molar-refractivity contribution in [3.63, 3.8) is 0 Å². The summed E-state index contributed by atoms with van der Waals surface area (Å²) >= 11 is 0. The van der Waals surface area contributed by atoms with Crippen LogP contribution in [0.1, 0.15) is 20.3 Å². The molecule has 1 heterocycles. The Balaban J connectivity index is 2.84. The second-order valence-electron chi connectivity index (χ2n) is 4.32. The van der Waals surface area contributed by atoms with Gasteiger partial charge in [-0.2, -0.15) is 0 Å². The van der Waals surface area contributed by atoms with E-state index in [1.807, 2.05) is 37.4 Å². The van der Waals surface area contributed by atoms with E-state index in [1.54, 1.807) is 7.05 Å². The van der Waals surface area contributed by atoms with E-state index >= 15 is 0 Å². The maximum atomic E-state index is 11.8. The predicted molar refractivity (Wildman–Crippen MR) is 73.2 cm³/mol. The highest BCUT2D eigenvalue weighted by Gasteiger charge is 2.00. The van der Waals surface area contributed by atoms with Gasteiger partial charge in [-0.25, -0.2) is 9.79 Å². The van der Waals surface area contributed by atoms with Gasteiger partial charge in [-0.05, 0) is 25.5 Å². The monoisotopic (exact) mass is 243 g/mol. The minimum atomic E-state index is -0.157. The molecule has 0 bridgehead atoms. The van der Waals surface area contributed by atoms with Crippen LogP contribution in [0.25, 0.3) is 10.9 Å². The number of hydrogen-bond donors (Lipinski definition) is 1. The molecule has 2 rings (SSSR count). The topological polar surface area (TPSA) is 50.1 Å². The lowest BCUT2D eigenvalue weighted by atomic mass is 10.2. The molecule has 0 amide bonds. The number of hydrogen-bond acceptors (Lipinski definition) is 2. The van der Waals surface area contributed by atoms with Gasteiger partial charge in [0.2, 0.25) is 0 Å². The lowest BCUT2D eigenvalue weighted by Gasteiger charge is -2.03. The molecule has 1 aromatic carbocycles. The summed E-state index contributed by atoms with van der Waals surface area (Å²) in [7, 11) is 1.72. The van der Waals surface area contributed by atoms with E-state index in [2.05, 4.69) is 16.9 Å². The number of H-pyrrole nitrogens is 1. The summed E-state index contributed by atoms with van der Waals surface area (Å²) in [5.41, 5.74) is 2.51. The summed E-state index contributed by atoms with van der Waals surface area (Å²) in [5, 5.41) is 0.944. The van der Waals surface area contributed by atoms with E-state index < -0.39 is 0 Å². The van der Waals surface area contributed by atoms with E-state index in [9.17, 15) is 4.79 Å². The van der Waals surface area contributed by atoms with E-state index in [-0.39, 0.29) is 5.69 Å². The molecule has 0 aliphatic carbocycles. The fourth-order valence-electron chi connectivity index (χ4n) is 1.68. The van der Waals surface area contributed by atoms with Gasteiger partial charge < -0.3 is 4.98 Å². The molecule has 0 saturated carbocycles. The number of aromatic nitrogens is 2. The maximum Gasteiger partial charge on any atom is 0.327 e. The van der Waals surface area contributed by atoms with E-state index in [4.69, 9.17) is 0 Å². The van der Waals surface area contributed by atoms with Crippen molar-refractivity contribution in [2.24, 2.45) is 12.0 Å². The quantitative estimate of drug-likeness (QED) is 0.862. The van der Waals surface area contributed by atoms with Crippen LogP contribution in [0.2, 0.25) is 0 Å². The van der Waals surface area contributed by atoms with Crippen molar-refractivity contribution < 1.29 is 0 Å². The molecular formula is C14H17N3O. The van der Waals surface area contributed by atoms with Crippen LogP contribution in [-0.2, 0) is 7.05 Å². The molecule has 0 unspecified atom stereocenters. The molecule has 0 aliphatic heterocycles. The van der Waals surface area contributed by atoms with Crippen molar-refractivity contribution in [2.45, 2.75) is 20.3 Å². The van der Waals surface area contributed by atoms with Crippen molar-refractivity contribution in [3.05, 3.63) is 52.0 Å². The van der Waals surface area contributed by atoms with Crippen LogP contribution in [-0.4, -0.2) is 9.55 Å². The van der Waals surface area contributed by atoms with Crippen LogP contribution in [0.4, 0.5) is 0 Å². The first-order chi connectivity index (χ1) is 8.63. The highest BCUT2D eigenvalue weighted by molar-refractivity contribution is 5.76. The normalized spacial score (nSPS) is 13.3. The molecule has 1 aromatic heterocycles. The Morgan fingerprint density at radius 2 is 2.17 bits per heavy atom. The van der Waals surface area contributed by atoms with Crippen LogP contribution >= 0.6 is 0 Å². The summed E-state index contributed by atoms with van der Waals surface area (Å²) in [6.07, 6.45) is 2.77. The molecule has 1 N–H and O–H groups in total. The summed E-state index contributed by atoms with van der Waals surface area (Å²) < 4.78 is 1.53. The Bertz CT molecular complexity index is 720. The molecule has 94 valence electrons. The number of rotatable bonds is 2. The number of fused-ring (bicyclic) bond motifs is 1. The zero-order valence-electron chi connectivity index (χ0n) is 10.9. The zero-order chi connectivity index (χ0) is 13.1. The van der Waals surface area contributed by atoms with Crippen molar-refractivity contribution >= 4 is 10.9 Å². The zero-order valence-corrected chi connectivity index (χ0v) is 10.9. The van der Waals surface area contributed by atoms with Gasteiger partial charge in [0.25, 0.3) is 0 Å². The van der Waals surface area contributed by atoms with Gasteiger partial charge in [-0.3, -0.25) is 4.57 Å². The first kappa shape index (κ1) is 12.4. The summed E-state index contributed by atoms with van der Waals surface area (Å²) in [5.74, 6) is 0. The number of nitrogens with zero attached hydrogens (tertiary/aromatic N) is 2. The standard InChI is InChI=1S/C14H17N3O/c1-4-10(2)9-15-13-11-7-5-6-8-12(11)16-14(18)17(13)3/h5-9H,4H2,1-3H3,(H,16,18)/b10-9+,15-13-. The third-order valence-corrected chi connectivity index (χ3v) is 3.00. The number of allylic oxidation sites excluding steroid dienone is 1. The van der Waals surface area contributed by atoms with Gasteiger partial charge in [0, 0.05) is 18.6 Å². The van der Waals surface area contributed by atoms with Gasteiger partial charge in [0.1, 0.15) is 5.49 Å². The SMILES string of the molecule is CC/C(C)=C/N=c1/c2ccccc2[nH]c(=O)n1C. The van der Waals surface area contributed by atoms with Gasteiger partial charge in [0.15, 0.2) is 0 Å². The van der Waals surface area contributed by atoms with Gasteiger partial charge in [0.05, 0.1) is 5.52 Å².